The lowest BCUT2D eigenvalue weighted by molar-refractivity contribution is -0.127. The lowest BCUT2D eigenvalue weighted by Gasteiger charge is -2.56. The van der Waals surface area contributed by atoms with Gasteiger partial charge in [0, 0.05) is 29.2 Å². The standard InChI is InChI=1S/C25H30N2O4S/c1-23(2)9-17-18(22(29)30)21(32-19(17)24(3,4)10-23)26-20(28)15-5-7-16(8-6-15)27-11-25(12-27)13-31-14-25/h5-8H,9-14H2,1-4H3,(H,26,28)(H,29,30). The highest BCUT2D eigenvalue weighted by atomic mass is 32.1. The molecule has 0 unspecified atom stereocenters. The minimum Gasteiger partial charge on any atom is -0.478 e. The Balaban J connectivity index is 1.36. The molecule has 0 saturated carbocycles. The zero-order chi connectivity index (χ0) is 22.9. The summed E-state index contributed by atoms with van der Waals surface area (Å²) in [6.45, 7) is 12.4. The largest absolute Gasteiger partial charge is 0.478 e. The second-order valence-electron chi connectivity index (χ2n) is 11.2. The Morgan fingerprint density at radius 2 is 1.75 bits per heavy atom. The van der Waals surface area contributed by atoms with Crippen LogP contribution in [0.25, 0.3) is 0 Å². The van der Waals surface area contributed by atoms with Gasteiger partial charge >= 0.3 is 5.97 Å². The van der Waals surface area contributed by atoms with Gasteiger partial charge in [0.05, 0.1) is 24.2 Å². The average molecular weight is 455 g/mol. The second-order valence-corrected chi connectivity index (χ2v) is 12.2. The van der Waals surface area contributed by atoms with E-state index >= 15 is 0 Å². The summed E-state index contributed by atoms with van der Waals surface area (Å²) >= 11 is 1.42. The Labute approximate surface area is 192 Å². The first-order valence-electron chi connectivity index (χ1n) is 11.1. The van der Waals surface area contributed by atoms with Gasteiger partial charge in [-0.25, -0.2) is 4.79 Å². The molecule has 7 heteroatoms. The van der Waals surface area contributed by atoms with Gasteiger partial charge in [-0.2, -0.15) is 0 Å². The van der Waals surface area contributed by atoms with Crippen LogP contribution in [0.4, 0.5) is 10.7 Å². The third-order valence-electron chi connectivity index (χ3n) is 7.00. The Morgan fingerprint density at radius 3 is 2.31 bits per heavy atom. The van der Waals surface area contributed by atoms with Crippen LogP contribution in [0.2, 0.25) is 0 Å². The molecule has 32 heavy (non-hydrogen) atoms. The maximum atomic E-state index is 13.0. The fourth-order valence-corrected chi connectivity index (χ4v) is 7.14. The van der Waals surface area contributed by atoms with Crippen LogP contribution in [0.3, 0.4) is 0 Å². The molecule has 1 spiro atoms. The molecule has 5 rings (SSSR count). The van der Waals surface area contributed by atoms with Gasteiger partial charge in [0.15, 0.2) is 0 Å². The van der Waals surface area contributed by atoms with Crippen molar-refractivity contribution < 1.29 is 19.4 Å². The number of carboxylic acids is 1. The van der Waals surface area contributed by atoms with Gasteiger partial charge in [-0.3, -0.25) is 4.79 Å². The number of hydrogen-bond acceptors (Lipinski definition) is 5. The summed E-state index contributed by atoms with van der Waals surface area (Å²) < 4.78 is 5.33. The highest BCUT2D eigenvalue weighted by Gasteiger charge is 2.49. The van der Waals surface area contributed by atoms with E-state index in [1.807, 2.05) is 24.3 Å². The van der Waals surface area contributed by atoms with Crippen molar-refractivity contribution in [3.05, 3.63) is 45.8 Å². The van der Waals surface area contributed by atoms with Crippen LogP contribution < -0.4 is 10.2 Å². The zero-order valence-corrected chi connectivity index (χ0v) is 19.9. The fraction of sp³-hybridized carbons (Fsp3) is 0.520. The highest BCUT2D eigenvalue weighted by molar-refractivity contribution is 7.17. The quantitative estimate of drug-likeness (QED) is 0.695. The van der Waals surface area contributed by atoms with Gasteiger partial charge in [-0.05, 0) is 53.5 Å². The van der Waals surface area contributed by atoms with Crippen LogP contribution >= 0.6 is 11.3 Å². The number of carbonyl (C=O) groups is 2. The molecule has 1 aliphatic carbocycles. The maximum absolute atomic E-state index is 13.0. The number of nitrogens with zero attached hydrogens (tertiary/aromatic N) is 1. The molecular formula is C25H30N2O4S. The average Bonchev–Trinajstić information content (AvgIpc) is 2.97. The van der Waals surface area contributed by atoms with E-state index < -0.39 is 5.97 Å². The van der Waals surface area contributed by atoms with Crippen LogP contribution in [0.15, 0.2) is 24.3 Å². The monoisotopic (exact) mass is 454 g/mol. The summed E-state index contributed by atoms with van der Waals surface area (Å²) in [5.41, 5.74) is 2.98. The molecule has 2 aliphatic heterocycles. The number of amides is 1. The molecule has 0 atom stereocenters. The van der Waals surface area contributed by atoms with E-state index in [2.05, 4.69) is 37.9 Å². The van der Waals surface area contributed by atoms with Crippen LogP contribution in [0.5, 0.6) is 0 Å². The number of fused-ring (bicyclic) bond motifs is 1. The Kier molecular flexibility index (Phi) is 4.73. The molecule has 2 fully saturated rings. The smallest absolute Gasteiger partial charge is 0.339 e. The van der Waals surface area contributed by atoms with Crippen molar-refractivity contribution in [2.24, 2.45) is 10.8 Å². The molecule has 0 radical (unpaired) electrons. The Hall–Kier alpha value is -2.38. The number of aromatic carboxylic acids is 1. The van der Waals surface area contributed by atoms with Crippen molar-refractivity contribution in [1.82, 2.24) is 0 Å². The van der Waals surface area contributed by atoms with Crippen molar-refractivity contribution in [3.63, 3.8) is 0 Å². The number of thiophene rings is 1. The van der Waals surface area contributed by atoms with E-state index in [1.54, 1.807) is 0 Å². The molecule has 1 aromatic carbocycles. The normalized spacial score (nSPS) is 21.9. The summed E-state index contributed by atoms with van der Waals surface area (Å²) in [5.74, 6) is -1.25. The predicted molar refractivity (Wildman–Crippen MR) is 126 cm³/mol. The summed E-state index contributed by atoms with van der Waals surface area (Å²) in [5, 5.41) is 13.3. The Morgan fingerprint density at radius 1 is 1.09 bits per heavy atom. The summed E-state index contributed by atoms with van der Waals surface area (Å²) in [6, 6.07) is 7.55. The first kappa shape index (κ1) is 21.5. The molecule has 2 saturated heterocycles. The molecule has 0 bridgehead atoms. The fourth-order valence-electron chi connectivity index (χ4n) is 5.83. The topological polar surface area (TPSA) is 78.9 Å². The number of ether oxygens (including phenoxy) is 1. The van der Waals surface area contributed by atoms with E-state index in [0.29, 0.717) is 22.4 Å². The molecule has 170 valence electrons. The van der Waals surface area contributed by atoms with Gasteiger partial charge in [0.25, 0.3) is 5.91 Å². The molecule has 2 aromatic rings. The SMILES string of the molecule is CC1(C)Cc2c(sc(NC(=O)c3ccc(N4CC5(COC5)C4)cc3)c2C(=O)O)C(C)(C)C1. The van der Waals surface area contributed by atoms with E-state index in [-0.39, 0.29) is 22.3 Å². The van der Waals surface area contributed by atoms with Crippen LogP contribution in [-0.4, -0.2) is 43.3 Å². The van der Waals surface area contributed by atoms with Crippen molar-refractivity contribution in [2.75, 3.05) is 36.5 Å². The van der Waals surface area contributed by atoms with Crippen LogP contribution in [0.1, 0.15) is 65.3 Å². The summed E-state index contributed by atoms with van der Waals surface area (Å²) in [7, 11) is 0. The van der Waals surface area contributed by atoms with Crippen molar-refractivity contribution in [2.45, 2.75) is 46.0 Å². The number of hydrogen-bond donors (Lipinski definition) is 2. The number of carboxylic acid groups (broad SMARTS) is 1. The number of rotatable bonds is 4. The first-order chi connectivity index (χ1) is 15.0. The number of carbonyl (C=O) groups excluding carboxylic acids is 1. The lowest BCUT2D eigenvalue weighted by atomic mass is 9.65. The second kappa shape index (κ2) is 7.06. The molecule has 3 heterocycles. The van der Waals surface area contributed by atoms with Gasteiger partial charge in [0.1, 0.15) is 5.00 Å². The van der Waals surface area contributed by atoms with Crippen molar-refractivity contribution >= 4 is 33.9 Å². The van der Waals surface area contributed by atoms with E-state index in [0.717, 1.165) is 48.9 Å². The predicted octanol–water partition coefficient (Wildman–Crippen LogP) is 4.79. The summed E-state index contributed by atoms with van der Waals surface area (Å²) in [4.78, 5) is 28.5. The minimum atomic E-state index is -0.978. The first-order valence-corrected chi connectivity index (χ1v) is 11.9. The van der Waals surface area contributed by atoms with Crippen molar-refractivity contribution in [3.8, 4) is 0 Å². The van der Waals surface area contributed by atoms with Crippen molar-refractivity contribution in [1.29, 1.82) is 0 Å². The highest BCUT2D eigenvalue weighted by Crippen LogP contribution is 2.52. The molecule has 1 amide bonds. The zero-order valence-electron chi connectivity index (χ0n) is 19.1. The van der Waals surface area contributed by atoms with E-state index in [1.165, 1.54) is 11.3 Å². The van der Waals surface area contributed by atoms with Gasteiger partial charge < -0.3 is 20.1 Å². The van der Waals surface area contributed by atoms with Gasteiger partial charge in [0.2, 0.25) is 0 Å². The third-order valence-corrected chi connectivity index (χ3v) is 8.52. The number of benzene rings is 1. The van der Waals surface area contributed by atoms with Gasteiger partial charge in [-0.1, -0.05) is 27.7 Å². The number of nitrogens with one attached hydrogen (secondary N) is 1. The third kappa shape index (κ3) is 3.52. The molecule has 2 N–H and O–H groups in total. The molecule has 1 aromatic heterocycles. The number of anilines is 2. The van der Waals surface area contributed by atoms with E-state index in [9.17, 15) is 14.7 Å². The minimum absolute atomic E-state index is 0.0138. The molecule has 3 aliphatic rings. The lowest BCUT2D eigenvalue weighted by Crippen LogP contribution is -2.66. The molecular weight excluding hydrogens is 424 g/mol. The summed E-state index contributed by atoms with van der Waals surface area (Å²) in [6.07, 6.45) is 1.68. The van der Waals surface area contributed by atoms with Gasteiger partial charge in [-0.15, -0.1) is 11.3 Å². The molecule has 6 nitrogen and oxygen atoms in total. The van der Waals surface area contributed by atoms with Crippen LogP contribution in [-0.2, 0) is 16.6 Å². The van der Waals surface area contributed by atoms with Crippen LogP contribution in [0, 0.1) is 10.8 Å². The van der Waals surface area contributed by atoms with E-state index in [4.69, 9.17) is 4.74 Å². The Bertz CT molecular complexity index is 1090. The maximum Gasteiger partial charge on any atom is 0.339 e.